The fourth-order valence-corrected chi connectivity index (χ4v) is 3.72. The van der Waals surface area contributed by atoms with E-state index < -0.39 is 6.04 Å². The van der Waals surface area contributed by atoms with Crippen molar-refractivity contribution in [3.05, 3.63) is 70.7 Å². The molecule has 7 heteroatoms. The summed E-state index contributed by atoms with van der Waals surface area (Å²) in [7, 11) is 0. The molecule has 0 bridgehead atoms. The van der Waals surface area contributed by atoms with Crippen molar-refractivity contribution in [3.63, 3.8) is 0 Å². The molecule has 3 amide bonds. The highest BCUT2D eigenvalue weighted by Gasteiger charge is 2.33. The van der Waals surface area contributed by atoms with Crippen LogP contribution in [0.2, 0.25) is 5.02 Å². The highest BCUT2D eigenvalue weighted by molar-refractivity contribution is 6.30. The van der Waals surface area contributed by atoms with Gasteiger partial charge < -0.3 is 15.1 Å². The third kappa shape index (κ3) is 5.64. The van der Waals surface area contributed by atoms with Gasteiger partial charge in [0.2, 0.25) is 5.91 Å². The van der Waals surface area contributed by atoms with Crippen molar-refractivity contribution in [2.24, 2.45) is 5.92 Å². The van der Waals surface area contributed by atoms with Gasteiger partial charge in [0.05, 0.1) is 0 Å². The predicted molar refractivity (Wildman–Crippen MR) is 121 cm³/mol. The van der Waals surface area contributed by atoms with Crippen LogP contribution in [0.15, 0.2) is 54.6 Å². The van der Waals surface area contributed by atoms with Crippen LogP contribution in [0.4, 0.5) is 0 Å². The van der Waals surface area contributed by atoms with Crippen molar-refractivity contribution < 1.29 is 14.4 Å². The van der Waals surface area contributed by atoms with Crippen molar-refractivity contribution in [1.29, 1.82) is 0 Å². The van der Waals surface area contributed by atoms with Crippen LogP contribution in [0.3, 0.4) is 0 Å². The van der Waals surface area contributed by atoms with Crippen molar-refractivity contribution >= 4 is 29.3 Å². The second-order valence-electron chi connectivity index (χ2n) is 7.83. The summed E-state index contributed by atoms with van der Waals surface area (Å²) < 4.78 is 0. The fourth-order valence-electron chi connectivity index (χ4n) is 3.60. The minimum absolute atomic E-state index is 0.00566. The Labute approximate surface area is 188 Å². The summed E-state index contributed by atoms with van der Waals surface area (Å²) in [4.78, 5) is 42.1. The van der Waals surface area contributed by atoms with E-state index in [9.17, 15) is 14.4 Å². The zero-order valence-electron chi connectivity index (χ0n) is 17.9. The number of benzene rings is 2. The average Bonchev–Trinajstić information content (AvgIpc) is 2.82. The first-order valence-corrected chi connectivity index (χ1v) is 11.0. The maximum Gasteiger partial charge on any atom is 0.253 e. The lowest BCUT2D eigenvalue weighted by atomic mass is 9.97. The first-order valence-electron chi connectivity index (χ1n) is 10.6. The molecule has 6 nitrogen and oxygen atoms in total. The molecule has 1 saturated heterocycles. The molecule has 31 heavy (non-hydrogen) atoms. The average molecular weight is 442 g/mol. The Hall–Kier alpha value is -2.86. The maximum absolute atomic E-state index is 13.2. The Morgan fingerprint density at radius 2 is 1.48 bits per heavy atom. The van der Waals surface area contributed by atoms with Crippen molar-refractivity contribution in [2.45, 2.75) is 26.3 Å². The van der Waals surface area contributed by atoms with Gasteiger partial charge in [0.1, 0.15) is 6.04 Å². The number of nitrogens with zero attached hydrogens (tertiary/aromatic N) is 2. The summed E-state index contributed by atoms with van der Waals surface area (Å²) >= 11 is 5.90. The SMILES string of the molecule is CCC(C)C(NC(=O)c1ccccc1)C(=O)N1CCN(C(=O)c2ccc(Cl)cc2)CC1. The Morgan fingerprint density at radius 1 is 0.903 bits per heavy atom. The number of hydrogen-bond donors (Lipinski definition) is 1. The zero-order chi connectivity index (χ0) is 22.4. The molecule has 2 unspecified atom stereocenters. The highest BCUT2D eigenvalue weighted by Crippen LogP contribution is 2.16. The fraction of sp³-hybridized carbons (Fsp3) is 0.375. The van der Waals surface area contributed by atoms with Crippen molar-refractivity contribution in [3.8, 4) is 0 Å². The maximum atomic E-state index is 13.2. The second-order valence-corrected chi connectivity index (χ2v) is 8.26. The standard InChI is InChI=1S/C24H28ClN3O3/c1-3-17(2)21(26-22(29)18-7-5-4-6-8-18)24(31)28-15-13-27(14-16-28)23(30)19-9-11-20(25)12-10-19/h4-12,17,21H,3,13-16H2,1-2H3,(H,26,29). The van der Waals surface area contributed by atoms with E-state index in [0.717, 1.165) is 6.42 Å². The summed E-state index contributed by atoms with van der Waals surface area (Å²) in [5.74, 6) is -0.429. The third-order valence-electron chi connectivity index (χ3n) is 5.77. The van der Waals surface area contributed by atoms with E-state index in [4.69, 9.17) is 11.6 Å². The number of piperazine rings is 1. The molecule has 1 aliphatic heterocycles. The number of amides is 3. The molecule has 1 aliphatic rings. The van der Waals surface area contributed by atoms with Crippen molar-refractivity contribution in [2.75, 3.05) is 26.2 Å². The van der Waals surface area contributed by atoms with Crippen LogP contribution in [0.25, 0.3) is 0 Å². The Morgan fingerprint density at radius 3 is 2.06 bits per heavy atom. The number of carbonyl (C=O) groups excluding carboxylic acids is 3. The lowest BCUT2D eigenvalue weighted by Crippen LogP contribution is -2.57. The monoisotopic (exact) mass is 441 g/mol. The smallest absolute Gasteiger partial charge is 0.253 e. The molecular formula is C24H28ClN3O3. The summed E-state index contributed by atoms with van der Waals surface area (Å²) in [6.07, 6.45) is 0.764. The molecule has 2 atom stereocenters. The first kappa shape index (κ1) is 22.8. The third-order valence-corrected chi connectivity index (χ3v) is 6.02. The zero-order valence-corrected chi connectivity index (χ0v) is 18.6. The van der Waals surface area contributed by atoms with Gasteiger partial charge >= 0.3 is 0 Å². The van der Waals surface area contributed by atoms with E-state index >= 15 is 0 Å². The normalized spacial score (nSPS) is 15.8. The van der Waals surface area contributed by atoms with Crippen LogP contribution < -0.4 is 5.32 Å². The topological polar surface area (TPSA) is 69.7 Å². The molecule has 164 valence electrons. The molecule has 0 aromatic heterocycles. The Bertz CT molecular complexity index is 909. The molecule has 1 heterocycles. The number of nitrogens with one attached hydrogen (secondary N) is 1. The van der Waals surface area contributed by atoms with E-state index in [1.54, 1.807) is 58.3 Å². The van der Waals surface area contributed by atoms with Gasteiger partial charge in [0.15, 0.2) is 0 Å². The van der Waals surface area contributed by atoms with Crippen LogP contribution in [0.5, 0.6) is 0 Å². The Balaban J connectivity index is 1.63. The van der Waals surface area contributed by atoms with Crippen molar-refractivity contribution in [1.82, 2.24) is 15.1 Å². The van der Waals surface area contributed by atoms with Crippen LogP contribution in [0, 0.1) is 5.92 Å². The molecular weight excluding hydrogens is 414 g/mol. The minimum atomic E-state index is -0.601. The van der Waals surface area contributed by atoms with Gasteiger partial charge in [-0.2, -0.15) is 0 Å². The Kier molecular flexibility index (Phi) is 7.69. The number of halogens is 1. The summed E-state index contributed by atoms with van der Waals surface area (Å²) in [5, 5.41) is 3.51. The van der Waals surface area contributed by atoms with Gasteiger partial charge in [0, 0.05) is 42.3 Å². The second kappa shape index (κ2) is 10.4. The van der Waals surface area contributed by atoms with E-state index in [-0.39, 0.29) is 23.6 Å². The van der Waals surface area contributed by atoms with Gasteiger partial charge in [-0.1, -0.05) is 50.1 Å². The molecule has 0 aliphatic carbocycles. The molecule has 2 aromatic rings. The van der Waals surface area contributed by atoms with Gasteiger partial charge in [-0.25, -0.2) is 0 Å². The van der Waals surface area contributed by atoms with E-state index in [0.29, 0.717) is 42.3 Å². The molecule has 3 rings (SSSR count). The predicted octanol–water partition coefficient (Wildman–Crippen LogP) is 3.47. The summed E-state index contributed by atoms with van der Waals surface area (Å²) in [6.45, 7) is 5.75. The minimum Gasteiger partial charge on any atom is -0.340 e. The largest absolute Gasteiger partial charge is 0.340 e. The molecule has 0 saturated carbocycles. The molecule has 0 spiro atoms. The molecule has 1 N–H and O–H groups in total. The summed E-state index contributed by atoms with van der Waals surface area (Å²) in [6, 6.07) is 15.1. The van der Waals surface area contributed by atoms with Gasteiger partial charge in [-0.3, -0.25) is 14.4 Å². The van der Waals surface area contributed by atoms with E-state index in [1.165, 1.54) is 0 Å². The molecule has 2 aromatic carbocycles. The van der Waals surface area contributed by atoms with Crippen LogP contribution in [0.1, 0.15) is 41.0 Å². The van der Waals surface area contributed by atoms with Gasteiger partial charge in [0.25, 0.3) is 11.8 Å². The summed E-state index contributed by atoms with van der Waals surface area (Å²) in [5.41, 5.74) is 1.11. The van der Waals surface area contributed by atoms with Crippen LogP contribution in [-0.2, 0) is 4.79 Å². The van der Waals surface area contributed by atoms with E-state index in [1.807, 2.05) is 19.9 Å². The molecule has 1 fully saturated rings. The first-order chi connectivity index (χ1) is 14.9. The number of hydrogen-bond acceptors (Lipinski definition) is 3. The lowest BCUT2D eigenvalue weighted by molar-refractivity contribution is -0.136. The van der Waals surface area contributed by atoms with E-state index in [2.05, 4.69) is 5.32 Å². The van der Waals surface area contributed by atoms with Gasteiger partial charge in [-0.15, -0.1) is 0 Å². The highest BCUT2D eigenvalue weighted by atomic mass is 35.5. The van der Waals surface area contributed by atoms with Crippen LogP contribution >= 0.6 is 11.6 Å². The van der Waals surface area contributed by atoms with Crippen LogP contribution in [-0.4, -0.2) is 59.7 Å². The number of carbonyl (C=O) groups is 3. The number of rotatable bonds is 6. The van der Waals surface area contributed by atoms with Gasteiger partial charge in [-0.05, 0) is 42.3 Å². The quantitative estimate of drug-likeness (QED) is 0.746. The molecule has 0 radical (unpaired) electrons. The lowest BCUT2D eigenvalue weighted by Gasteiger charge is -2.37.